The van der Waals surface area contributed by atoms with Crippen molar-refractivity contribution in [3.63, 3.8) is 0 Å². The minimum absolute atomic E-state index is 0.302. The number of hydrogen-bond acceptors (Lipinski definition) is 8. The summed E-state index contributed by atoms with van der Waals surface area (Å²) in [4.78, 5) is 25.0. The topological polar surface area (TPSA) is 110 Å². The molecule has 0 saturated carbocycles. The molecule has 0 aliphatic carbocycles. The maximum absolute atomic E-state index is 13.3. The molecular formula is C26H25FN6O3. The molecule has 1 amide bonds. The summed E-state index contributed by atoms with van der Waals surface area (Å²) in [5, 5.41) is 9.17. The number of ether oxygens (including phenoxy) is 2. The second kappa shape index (κ2) is 11.1. The summed E-state index contributed by atoms with van der Waals surface area (Å²) < 4.78 is 24.2. The van der Waals surface area contributed by atoms with Crippen LogP contribution in [0.3, 0.4) is 0 Å². The van der Waals surface area contributed by atoms with E-state index in [2.05, 4.69) is 30.9 Å². The Kier molecular flexibility index (Phi) is 7.54. The number of amides is 1. The Balaban J connectivity index is 1.64. The fourth-order valence-electron chi connectivity index (χ4n) is 3.53. The molecule has 10 heteroatoms. The highest BCUT2D eigenvalue weighted by molar-refractivity contribution is 6.00. The maximum atomic E-state index is 13.3. The number of halogens is 1. The van der Waals surface area contributed by atoms with E-state index in [0.29, 0.717) is 46.4 Å². The molecule has 0 aliphatic rings. The van der Waals surface area contributed by atoms with Crippen LogP contribution in [-0.2, 0) is 6.54 Å². The highest BCUT2D eigenvalue weighted by Gasteiger charge is 2.17. The van der Waals surface area contributed by atoms with Crippen molar-refractivity contribution in [1.29, 1.82) is 0 Å². The van der Waals surface area contributed by atoms with E-state index in [4.69, 9.17) is 9.47 Å². The molecule has 184 valence electrons. The van der Waals surface area contributed by atoms with Crippen molar-refractivity contribution in [1.82, 2.24) is 20.3 Å². The van der Waals surface area contributed by atoms with Crippen molar-refractivity contribution >= 4 is 23.1 Å². The van der Waals surface area contributed by atoms with Gasteiger partial charge >= 0.3 is 0 Å². The first kappa shape index (κ1) is 24.4. The third-order valence-electron chi connectivity index (χ3n) is 5.36. The first-order valence-corrected chi connectivity index (χ1v) is 11.0. The normalized spacial score (nSPS) is 10.4. The smallest absolute Gasteiger partial charge is 0.254 e. The highest BCUT2D eigenvalue weighted by Crippen LogP contribution is 2.37. The molecular weight excluding hydrogens is 463 g/mol. The number of benzene rings is 2. The average molecular weight is 489 g/mol. The van der Waals surface area contributed by atoms with E-state index in [0.717, 1.165) is 23.7 Å². The van der Waals surface area contributed by atoms with Gasteiger partial charge in [-0.25, -0.2) is 19.3 Å². The summed E-state index contributed by atoms with van der Waals surface area (Å²) >= 11 is 0. The molecule has 0 saturated heterocycles. The average Bonchev–Trinajstić information content (AvgIpc) is 2.92. The second-order valence-electron chi connectivity index (χ2n) is 7.63. The SMILES string of the molecule is CNC(=O)c1cnc(NCc2ccc(OC)cc2)cc1Nc1cccc(-c2ncc(F)cn2)c1OC. The number of pyridine rings is 1. The maximum Gasteiger partial charge on any atom is 0.254 e. The number of para-hydroxylation sites is 1. The van der Waals surface area contributed by atoms with E-state index in [-0.39, 0.29) is 5.91 Å². The van der Waals surface area contributed by atoms with Crippen molar-refractivity contribution in [2.45, 2.75) is 6.54 Å². The van der Waals surface area contributed by atoms with Gasteiger partial charge in [0.15, 0.2) is 17.4 Å². The van der Waals surface area contributed by atoms with Crippen LogP contribution >= 0.6 is 0 Å². The predicted octanol–water partition coefficient (Wildman–Crippen LogP) is 4.41. The minimum Gasteiger partial charge on any atom is -0.497 e. The van der Waals surface area contributed by atoms with Gasteiger partial charge in [-0.2, -0.15) is 0 Å². The van der Waals surface area contributed by atoms with Gasteiger partial charge in [0.25, 0.3) is 5.91 Å². The van der Waals surface area contributed by atoms with Crippen LogP contribution in [0.5, 0.6) is 11.5 Å². The molecule has 36 heavy (non-hydrogen) atoms. The van der Waals surface area contributed by atoms with Gasteiger partial charge in [-0.1, -0.05) is 18.2 Å². The van der Waals surface area contributed by atoms with Gasteiger partial charge < -0.3 is 25.4 Å². The molecule has 2 aromatic carbocycles. The number of nitrogens with one attached hydrogen (secondary N) is 3. The van der Waals surface area contributed by atoms with Crippen LogP contribution < -0.4 is 25.4 Å². The van der Waals surface area contributed by atoms with Crippen molar-refractivity contribution in [2.24, 2.45) is 0 Å². The summed E-state index contributed by atoms with van der Waals surface area (Å²) in [6, 6.07) is 14.8. The highest BCUT2D eigenvalue weighted by atomic mass is 19.1. The molecule has 4 rings (SSSR count). The fourth-order valence-corrected chi connectivity index (χ4v) is 3.53. The zero-order chi connectivity index (χ0) is 25.5. The summed E-state index contributed by atoms with van der Waals surface area (Å²) in [5.74, 6) is 1.26. The standard InChI is InChI=1S/C26H25FN6O3/c1-28-26(34)20-15-30-23(29-12-16-7-9-18(35-2)10-8-16)11-22(20)33-21-6-4-5-19(24(21)36-3)25-31-13-17(27)14-32-25/h4-11,13-15H,12H2,1-3H3,(H,28,34)(H2,29,30,33). The van der Waals surface area contributed by atoms with Gasteiger partial charge in [0.1, 0.15) is 11.6 Å². The van der Waals surface area contributed by atoms with E-state index >= 15 is 0 Å². The van der Waals surface area contributed by atoms with Crippen LogP contribution in [0, 0.1) is 5.82 Å². The summed E-state index contributed by atoms with van der Waals surface area (Å²) in [5.41, 5.74) is 3.03. The molecule has 0 unspecified atom stereocenters. The van der Waals surface area contributed by atoms with Gasteiger partial charge in [0, 0.05) is 25.9 Å². The third kappa shape index (κ3) is 5.49. The quantitative estimate of drug-likeness (QED) is 0.318. The summed E-state index contributed by atoms with van der Waals surface area (Å²) in [7, 11) is 4.69. The molecule has 0 spiro atoms. The molecule has 0 bridgehead atoms. The Hall–Kier alpha value is -4.73. The van der Waals surface area contributed by atoms with Crippen molar-refractivity contribution < 1.29 is 18.7 Å². The number of aromatic nitrogens is 3. The van der Waals surface area contributed by atoms with Crippen LogP contribution in [0.15, 0.2) is 67.1 Å². The molecule has 0 aliphatic heterocycles. The Morgan fingerprint density at radius 1 is 0.944 bits per heavy atom. The van der Waals surface area contributed by atoms with Crippen LogP contribution in [0.1, 0.15) is 15.9 Å². The van der Waals surface area contributed by atoms with E-state index in [1.54, 1.807) is 38.4 Å². The number of carbonyl (C=O) groups excluding carboxylic acids is 1. The number of hydrogen-bond donors (Lipinski definition) is 3. The van der Waals surface area contributed by atoms with Gasteiger partial charge in [-0.05, 0) is 29.8 Å². The lowest BCUT2D eigenvalue weighted by atomic mass is 10.1. The Bertz CT molecular complexity index is 1350. The molecule has 4 aromatic rings. The zero-order valence-corrected chi connectivity index (χ0v) is 20.0. The lowest BCUT2D eigenvalue weighted by Gasteiger charge is -2.17. The van der Waals surface area contributed by atoms with Crippen LogP contribution in [-0.4, -0.2) is 42.1 Å². The van der Waals surface area contributed by atoms with Crippen molar-refractivity contribution in [3.05, 3.63) is 84.1 Å². The molecule has 3 N–H and O–H groups in total. The third-order valence-corrected chi connectivity index (χ3v) is 5.36. The Morgan fingerprint density at radius 3 is 2.36 bits per heavy atom. The van der Waals surface area contributed by atoms with Crippen LogP contribution in [0.2, 0.25) is 0 Å². The molecule has 2 aromatic heterocycles. The van der Waals surface area contributed by atoms with Crippen molar-refractivity contribution in [3.8, 4) is 22.9 Å². The van der Waals surface area contributed by atoms with E-state index in [1.165, 1.54) is 13.3 Å². The molecule has 9 nitrogen and oxygen atoms in total. The number of methoxy groups -OCH3 is 2. The van der Waals surface area contributed by atoms with Gasteiger partial charge in [0.05, 0.1) is 49.1 Å². The van der Waals surface area contributed by atoms with E-state index < -0.39 is 5.82 Å². The summed E-state index contributed by atoms with van der Waals surface area (Å²) in [6.07, 6.45) is 3.68. The van der Waals surface area contributed by atoms with E-state index in [9.17, 15) is 9.18 Å². The number of anilines is 3. The van der Waals surface area contributed by atoms with Crippen LogP contribution in [0.25, 0.3) is 11.4 Å². The van der Waals surface area contributed by atoms with Crippen molar-refractivity contribution in [2.75, 3.05) is 31.9 Å². The molecule has 0 radical (unpaired) electrons. The number of nitrogens with zero attached hydrogens (tertiary/aromatic N) is 3. The lowest BCUT2D eigenvalue weighted by molar-refractivity contribution is 0.0963. The first-order valence-electron chi connectivity index (χ1n) is 11.0. The Morgan fingerprint density at radius 2 is 1.69 bits per heavy atom. The lowest BCUT2D eigenvalue weighted by Crippen LogP contribution is -2.20. The number of rotatable bonds is 9. The Labute approximate surface area is 207 Å². The van der Waals surface area contributed by atoms with E-state index in [1.807, 2.05) is 24.3 Å². The molecule has 0 fully saturated rings. The monoisotopic (exact) mass is 488 g/mol. The molecule has 2 heterocycles. The van der Waals surface area contributed by atoms with Gasteiger partial charge in [-0.3, -0.25) is 4.79 Å². The minimum atomic E-state index is -0.534. The van der Waals surface area contributed by atoms with Gasteiger partial charge in [-0.15, -0.1) is 0 Å². The van der Waals surface area contributed by atoms with Gasteiger partial charge in [0.2, 0.25) is 0 Å². The molecule has 0 atom stereocenters. The fraction of sp³-hybridized carbons (Fsp3) is 0.154. The first-order chi connectivity index (χ1) is 17.5. The number of carbonyl (C=O) groups is 1. The largest absolute Gasteiger partial charge is 0.497 e. The van der Waals surface area contributed by atoms with Crippen LogP contribution in [0.4, 0.5) is 21.6 Å². The zero-order valence-electron chi connectivity index (χ0n) is 20.0. The predicted molar refractivity (Wildman–Crippen MR) is 135 cm³/mol. The summed E-state index contributed by atoms with van der Waals surface area (Å²) in [6.45, 7) is 0.524. The second-order valence-corrected chi connectivity index (χ2v) is 7.63.